The van der Waals surface area contributed by atoms with E-state index in [0.717, 1.165) is 17.6 Å². The van der Waals surface area contributed by atoms with Crippen molar-refractivity contribution in [3.8, 4) is 0 Å². The van der Waals surface area contributed by atoms with Crippen molar-refractivity contribution in [1.29, 1.82) is 0 Å². The quantitative estimate of drug-likeness (QED) is 0.551. The van der Waals surface area contributed by atoms with Crippen molar-refractivity contribution in [3.63, 3.8) is 0 Å². The summed E-state index contributed by atoms with van der Waals surface area (Å²) in [4.78, 5) is 29.0. The minimum absolute atomic E-state index is 0.0106. The first-order valence-corrected chi connectivity index (χ1v) is 9.12. The van der Waals surface area contributed by atoms with E-state index in [1.165, 1.54) is 23.1 Å². The molecule has 4 rings (SSSR count). The van der Waals surface area contributed by atoms with E-state index in [2.05, 4.69) is 31.0 Å². The minimum Gasteiger partial charge on any atom is -0.356 e. The van der Waals surface area contributed by atoms with Gasteiger partial charge in [-0.3, -0.25) is 14.9 Å². The molecule has 1 aromatic heterocycles. The van der Waals surface area contributed by atoms with Gasteiger partial charge in [0.15, 0.2) is 0 Å². The summed E-state index contributed by atoms with van der Waals surface area (Å²) < 4.78 is 0. The third-order valence-corrected chi connectivity index (χ3v) is 5.30. The molecule has 0 saturated heterocycles. The molecule has 1 atom stereocenters. The number of H-pyrrole nitrogens is 1. The van der Waals surface area contributed by atoms with Crippen LogP contribution in [0, 0.1) is 16.0 Å². The van der Waals surface area contributed by atoms with Crippen LogP contribution >= 0.6 is 0 Å². The Morgan fingerprint density at radius 3 is 2.56 bits per heavy atom. The summed E-state index contributed by atoms with van der Waals surface area (Å²) >= 11 is 0. The summed E-state index contributed by atoms with van der Waals surface area (Å²) in [6.07, 6.45) is 0.793. The molecule has 0 saturated carbocycles. The number of hydrogen-bond donors (Lipinski definition) is 1. The molecule has 0 spiro atoms. The molecule has 1 aliphatic rings. The molecule has 2 aromatic carbocycles. The molecule has 138 valence electrons. The molecule has 6 nitrogen and oxygen atoms in total. The Hall–Kier alpha value is -3.15. The zero-order valence-electron chi connectivity index (χ0n) is 15.3. The lowest BCUT2D eigenvalue weighted by atomic mass is 9.90. The molecule has 0 aliphatic carbocycles. The Morgan fingerprint density at radius 1 is 1.19 bits per heavy atom. The number of hydrogen-bond acceptors (Lipinski definition) is 3. The fourth-order valence-electron chi connectivity index (χ4n) is 4.08. The maximum absolute atomic E-state index is 13.2. The number of rotatable bonds is 3. The summed E-state index contributed by atoms with van der Waals surface area (Å²) in [6, 6.07) is 14.0. The van der Waals surface area contributed by atoms with Crippen LogP contribution in [-0.4, -0.2) is 27.3 Å². The third kappa shape index (κ3) is 2.87. The van der Waals surface area contributed by atoms with E-state index in [0.29, 0.717) is 12.1 Å². The average Bonchev–Trinajstić information content (AvgIpc) is 3.05. The molecule has 1 amide bonds. The van der Waals surface area contributed by atoms with Crippen LogP contribution in [0.3, 0.4) is 0 Å². The Labute approximate surface area is 157 Å². The van der Waals surface area contributed by atoms with Crippen LogP contribution in [0.5, 0.6) is 0 Å². The first-order chi connectivity index (χ1) is 13.0. The number of aromatic amines is 1. The van der Waals surface area contributed by atoms with Gasteiger partial charge in [0.2, 0.25) is 0 Å². The van der Waals surface area contributed by atoms with Crippen molar-refractivity contribution in [1.82, 2.24) is 9.88 Å². The summed E-state index contributed by atoms with van der Waals surface area (Å²) in [5.74, 6) is 0.145. The molecular weight excluding hydrogens is 342 g/mol. The highest BCUT2D eigenvalue weighted by atomic mass is 16.6. The number of aromatic nitrogens is 1. The molecular formula is C21H21N3O3. The first kappa shape index (κ1) is 17.3. The Kier molecular flexibility index (Phi) is 4.18. The van der Waals surface area contributed by atoms with Gasteiger partial charge in [-0.2, -0.15) is 0 Å². The van der Waals surface area contributed by atoms with Crippen molar-refractivity contribution >= 4 is 22.5 Å². The number of para-hydroxylation sites is 1. The molecule has 0 fully saturated rings. The van der Waals surface area contributed by atoms with Gasteiger partial charge >= 0.3 is 0 Å². The predicted octanol–water partition coefficient (Wildman–Crippen LogP) is 4.47. The molecule has 27 heavy (non-hydrogen) atoms. The van der Waals surface area contributed by atoms with Crippen molar-refractivity contribution < 1.29 is 9.72 Å². The van der Waals surface area contributed by atoms with Crippen LogP contribution in [-0.2, 0) is 6.42 Å². The third-order valence-electron chi connectivity index (χ3n) is 5.30. The number of nitro groups is 1. The summed E-state index contributed by atoms with van der Waals surface area (Å²) in [6.45, 7) is 4.86. The van der Waals surface area contributed by atoms with E-state index in [1.807, 2.05) is 17.0 Å². The van der Waals surface area contributed by atoms with Crippen molar-refractivity contribution in [2.75, 3.05) is 6.54 Å². The highest BCUT2D eigenvalue weighted by Gasteiger charge is 2.35. The number of carbonyl (C=O) groups excluding carboxylic acids is 1. The molecule has 0 unspecified atom stereocenters. The second-order valence-electron chi connectivity index (χ2n) is 7.30. The normalized spacial score (nSPS) is 16.6. The lowest BCUT2D eigenvalue weighted by Gasteiger charge is -2.38. The maximum Gasteiger partial charge on any atom is 0.269 e. The SMILES string of the molecule is CC(C)[C@H]1c2[nH]c3ccccc3c2CCN1C(=O)c1ccc([N+](=O)[O-])cc1. The van der Waals surface area contributed by atoms with Gasteiger partial charge in [-0.25, -0.2) is 0 Å². The topological polar surface area (TPSA) is 79.2 Å². The monoisotopic (exact) mass is 363 g/mol. The van der Waals surface area contributed by atoms with E-state index < -0.39 is 4.92 Å². The summed E-state index contributed by atoms with van der Waals surface area (Å²) in [7, 11) is 0. The van der Waals surface area contributed by atoms with Crippen molar-refractivity contribution in [3.05, 3.63) is 75.5 Å². The number of amides is 1. The van der Waals surface area contributed by atoms with Crippen molar-refractivity contribution in [2.24, 2.45) is 5.92 Å². The zero-order valence-corrected chi connectivity index (χ0v) is 15.3. The summed E-state index contributed by atoms with van der Waals surface area (Å²) in [5, 5.41) is 12.1. The number of fused-ring (bicyclic) bond motifs is 3. The van der Waals surface area contributed by atoms with E-state index >= 15 is 0 Å². The second-order valence-corrected chi connectivity index (χ2v) is 7.30. The highest BCUT2D eigenvalue weighted by Crippen LogP contribution is 2.39. The number of nitrogens with one attached hydrogen (secondary N) is 1. The number of non-ortho nitro benzene ring substituents is 1. The fraction of sp³-hybridized carbons (Fsp3) is 0.286. The molecule has 6 heteroatoms. The zero-order chi connectivity index (χ0) is 19.1. The van der Waals surface area contributed by atoms with Gasteiger partial charge < -0.3 is 9.88 Å². The minimum atomic E-state index is -0.456. The molecule has 1 aliphatic heterocycles. The average molecular weight is 363 g/mol. The standard InChI is InChI=1S/C21H21N3O3/c1-13(2)20-19-17(16-5-3-4-6-18(16)22-19)11-12-23(20)21(25)14-7-9-15(10-8-14)24(26)27/h3-10,13,20,22H,11-12H2,1-2H3/t20-/m0/s1. The molecule has 3 aromatic rings. The van der Waals surface area contributed by atoms with Gasteiger partial charge in [0.1, 0.15) is 0 Å². The smallest absolute Gasteiger partial charge is 0.269 e. The van der Waals surface area contributed by atoms with Crippen molar-refractivity contribution in [2.45, 2.75) is 26.3 Å². The predicted molar refractivity (Wildman–Crippen MR) is 104 cm³/mol. The molecule has 2 heterocycles. The fourth-order valence-corrected chi connectivity index (χ4v) is 4.08. The summed E-state index contributed by atoms with van der Waals surface area (Å²) in [5.41, 5.74) is 3.96. The van der Waals surface area contributed by atoms with E-state index in [1.54, 1.807) is 12.1 Å². The van der Waals surface area contributed by atoms with Crippen LogP contribution < -0.4 is 0 Å². The van der Waals surface area contributed by atoms with Gasteiger partial charge in [-0.15, -0.1) is 0 Å². The van der Waals surface area contributed by atoms with Gasteiger partial charge in [-0.1, -0.05) is 32.0 Å². The largest absolute Gasteiger partial charge is 0.356 e. The lowest BCUT2D eigenvalue weighted by molar-refractivity contribution is -0.384. The Bertz CT molecular complexity index is 1020. The van der Waals surface area contributed by atoms with Gasteiger partial charge in [0.25, 0.3) is 11.6 Å². The van der Waals surface area contributed by atoms with Crippen LogP contribution in [0.4, 0.5) is 5.69 Å². The Morgan fingerprint density at radius 2 is 1.89 bits per heavy atom. The molecule has 1 N–H and O–H groups in total. The molecule has 0 bridgehead atoms. The number of nitrogens with zero attached hydrogens (tertiary/aromatic N) is 2. The van der Waals surface area contributed by atoms with E-state index in [9.17, 15) is 14.9 Å². The second kappa shape index (κ2) is 6.54. The van der Waals surface area contributed by atoms with Crippen LogP contribution in [0.2, 0.25) is 0 Å². The van der Waals surface area contributed by atoms with Gasteiger partial charge in [0.05, 0.1) is 11.0 Å². The molecule has 0 radical (unpaired) electrons. The maximum atomic E-state index is 13.2. The van der Waals surface area contributed by atoms with E-state index in [4.69, 9.17) is 0 Å². The van der Waals surface area contributed by atoms with Crippen LogP contribution in [0.1, 0.15) is 41.5 Å². The van der Waals surface area contributed by atoms with Gasteiger partial charge in [0, 0.05) is 40.8 Å². The van der Waals surface area contributed by atoms with E-state index in [-0.39, 0.29) is 23.6 Å². The van der Waals surface area contributed by atoms with Crippen LogP contribution in [0.15, 0.2) is 48.5 Å². The highest BCUT2D eigenvalue weighted by molar-refractivity contribution is 5.95. The van der Waals surface area contributed by atoms with Gasteiger partial charge in [-0.05, 0) is 36.1 Å². The lowest BCUT2D eigenvalue weighted by Crippen LogP contribution is -2.42. The Balaban J connectivity index is 1.72. The number of nitro benzene ring substituents is 1. The first-order valence-electron chi connectivity index (χ1n) is 9.12. The number of benzene rings is 2. The van der Waals surface area contributed by atoms with Crippen LogP contribution in [0.25, 0.3) is 10.9 Å². The number of carbonyl (C=O) groups is 1.